The zero-order valence-electron chi connectivity index (χ0n) is 11.2. The Morgan fingerprint density at radius 3 is 2.42 bits per heavy atom. The molecule has 0 aromatic heterocycles. The van der Waals surface area contributed by atoms with Crippen molar-refractivity contribution in [2.45, 2.75) is 25.4 Å². The SMILES string of the molecule is COCCOC1CCN(C(=O)[C@H]2C[C@@H]2C(=O)O)CC1. The van der Waals surface area contributed by atoms with Crippen LogP contribution in [0, 0.1) is 11.8 Å². The Balaban J connectivity index is 1.69. The van der Waals surface area contributed by atoms with E-state index >= 15 is 0 Å². The van der Waals surface area contributed by atoms with E-state index in [0.29, 0.717) is 32.7 Å². The molecule has 0 spiro atoms. The highest BCUT2D eigenvalue weighted by atomic mass is 16.5. The van der Waals surface area contributed by atoms with Crippen molar-refractivity contribution in [3.05, 3.63) is 0 Å². The number of amides is 1. The number of methoxy groups -OCH3 is 1. The van der Waals surface area contributed by atoms with Gasteiger partial charge in [-0.3, -0.25) is 9.59 Å². The summed E-state index contributed by atoms with van der Waals surface area (Å²) >= 11 is 0. The van der Waals surface area contributed by atoms with Crippen molar-refractivity contribution in [2.24, 2.45) is 11.8 Å². The molecule has 2 fully saturated rings. The van der Waals surface area contributed by atoms with Crippen LogP contribution < -0.4 is 0 Å². The van der Waals surface area contributed by atoms with Gasteiger partial charge >= 0.3 is 5.97 Å². The molecule has 2 atom stereocenters. The van der Waals surface area contributed by atoms with Crippen LogP contribution in [0.5, 0.6) is 0 Å². The molecule has 1 N–H and O–H groups in total. The highest BCUT2D eigenvalue weighted by molar-refractivity contribution is 5.89. The third-order valence-electron chi connectivity index (χ3n) is 3.82. The molecular weight excluding hydrogens is 250 g/mol. The molecule has 0 bridgehead atoms. The van der Waals surface area contributed by atoms with E-state index in [2.05, 4.69) is 0 Å². The third-order valence-corrected chi connectivity index (χ3v) is 3.82. The monoisotopic (exact) mass is 271 g/mol. The Bertz CT molecular complexity index is 338. The van der Waals surface area contributed by atoms with Gasteiger partial charge in [0.05, 0.1) is 31.2 Å². The lowest BCUT2D eigenvalue weighted by Crippen LogP contribution is -2.42. The second-order valence-electron chi connectivity index (χ2n) is 5.18. The van der Waals surface area contributed by atoms with Gasteiger partial charge in [-0.25, -0.2) is 0 Å². The van der Waals surface area contributed by atoms with Crippen LogP contribution in [0.1, 0.15) is 19.3 Å². The fraction of sp³-hybridized carbons (Fsp3) is 0.846. The van der Waals surface area contributed by atoms with Gasteiger partial charge in [0.2, 0.25) is 5.91 Å². The molecule has 108 valence electrons. The van der Waals surface area contributed by atoms with E-state index in [9.17, 15) is 9.59 Å². The van der Waals surface area contributed by atoms with Crippen molar-refractivity contribution in [1.29, 1.82) is 0 Å². The fourth-order valence-corrected chi connectivity index (χ4v) is 2.52. The maximum atomic E-state index is 12.0. The van der Waals surface area contributed by atoms with E-state index in [1.54, 1.807) is 12.0 Å². The average molecular weight is 271 g/mol. The van der Waals surface area contributed by atoms with Gasteiger partial charge in [0, 0.05) is 20.2 Å². The summed E-state index contributed by atoms with van der Waals surface area (Å²) in [6.45, 7) is 2.50. The Morgan fingerprint density at radius 1 is 1.21 bits per heavy atom. The summed E-state index contributed by atoms with van der Waals surface area (Å²) < 4.78 is 10.6. The molecule has 0 unspecified atom stereocenters. The number of hydrogen-bond acceptors (Lipinski definition) is 4. The first-order chi connectivity index (χ1) is 9.13. The Kier molecular flexibility index (Phi) is 4.76. The lowest BCUT2D eigenvalue weighted by molar-refractivity contribution is -0.142. The molecule has 0 aromatic carbocycles. The van der Waals surface area contributed by atoms with E-state index in [-0.39, 0.29) is 17.9 Å². The molecule has 2 rings (SSSR count). The van der Waals surface area contributed by atoms with Crippen molar-refractivity contribution in [2.75, 3.05) is 33.4 Å². The van der Waals surface area contributed by atoms with Crippen molar-refractivity contribution >= 4 is 11.9 Å². The Labute approximate surface area is 112 Å². The highest BCUT2D eigenvalue weighted by Crippen LogP contribution is 2.40. The molecule has 19 heavy (non-hydrogen) atoms. The molecule has 0 radical (unpaired) electrons. The smallest absolute Gasteiger partial charge is 0.307 e. The van der Waals surface area contributed by atoms with Gasteiger partial charge < -0.3 is 19.5 Å². The maximum Gasteiger partial charge on any atom is 0.307 e. The molecule has 1 amide bonds. The second-order valence-corrected chi connectivity index (χ2v) is 5.18. The third kappa shape index (κ3) is 3.67. The summed E-state index contributed by atoms with van der Waals surface area (Å²) in [6, 6.07) is 0. The van der Waals surface area contributed by atoms with Crippen LogP contribution >= 0.6 is 0 Å². The van der Waals surface area contributed by atoms with Crippen molar-refractivity contribution in [1.82, 2.24) is 4.90 Å². The molecule has 1 heterocycles. The molecular formula is C13H21NO5. The highest BCUT2D eigenvalue weighted by Gasteiger charge is 2.50. The molecule has 1 aliphatic carbocycles. The van der Waals surface area contributed by atoms with Gasteiger partial charge in [0.25, 0.3) is 0 Å². The summed E-state index contributed by atoms with van der Waals surface area (Å²) in [6.07, 6.45) is 2.33. The van der Waals surface area contributed by atoms with E-state index in [0.717, 1.165) is 12.8 Å². The number of nitrogens with zero attached hydrogens (tertiary/aromatic N) is 1. The van der Waals surface area contributed by atoms with Gasteiger partial charge in [-0.2, -0.15) is 0 Å². The number of carboxylic acid groups (broad SMARTS) is 1. The Hall–Kier alpha value is -1.14. The number of carboxylic acids is 1. The van der Waals surface area contributed by atoms with Crippen molar-refractivity contribution in [3.63, 3.8) is 0 Å². The zero-order chi connectivity index (χ0) is 13.8. The van der Waals surface area contributed by atoms with Crippen LogP contribution in [0.25, 0.3) is 0 Å². The molecule has 1 saturated carbocycles. The van der Waals surface area contributed by atoms with Crippen molar-refractivity contribution in [3.8, 4) is 0 Å². The van der Waals surface area contributed by atoms with Crippen LogP contribution in [0.4, 0.5) is 0 Å². The number of carbonyl (C=O) groups excluding carboxylic acids is 1. The quantitative estimate of drug-likeness (QED) is 0.706. The molecule has 0 aromatic rings. The van der Waals surface area contributed by atoms with E-state index in [1.807, 2.05) is 0 Å². The maximum absolute atomic E-state index is 12.0. The number of piperidine rings is 1. The van der Waals surface area contributed by atoms with Gasteiger partial charge in [-0.1, -0.05) is 0 Å². The number of ether oxygens (including phenoxy) is 2. The fourth-order valence-electron chi connectivity index (χ4n) is 2.52. The number of rotatable bonds is 6. The Morgan fingerprint density at radius 2 is 1.89 bits per heavy atom. The minimum atomic E-state index is -0.851. The normalized spacial score (nSPS) is 27.3. The predicted molar refractivity (Wildman–Crippen MR) is 66.7 cm³/mol. The molecule has 2 aliphatic rings. The van der Waals surface area contributed by atoms with Gasteiger partial charge in [0.1, 0.15) is 0 Å². The topological polar surface area (TPSA) is 76.1 Å². The van der Waals surface area contributed by atoms with E-state index in [1.165, 1.54) is 0 Å². The number of aliphatic carboxylic acids is 1. The summed E-state index contributed by atoms with van der Waals surface area (Å²) in [5.74, 6) is -1.59. The van der Waals surface area contributed by atoms with E-state index < -0.39 is 11.9 Å². The first-order valence-electron chi connectivity index (χ1n) is 6.75. The van der Waals surface area contributed by atoms with Crippen LogP contribution in [-0.2, 0) is 19.1 Å². The predicted octanol–water partition coefficient (Wildman–Crippen LogP) is 0.361. The first kappa shape index (κ1) is 14.3. The summed E-state index contributed by atoms with van der Waals surface area (Å²) in [4.78, 5) is 24.6. The van der Waals surface area contributed by atoms with Gasteiger partial charge in [-0.15, -0.1) is 0 Å². The minimum Gasteiger partial charge on any atom is -0.481 e. The summed E-state index contributed by atoms with van der Waals surface area (Å²) in [5.41, 5.74) is 0. The number of likely N-dealkylation sites (tertiary alicyclic amines) is 1. The van der Waals surface area contributed by atoms with Crippen LogP contribution in [0.2, 0.25) is 0 Å². The zero-order valence-corrected chi connectivity index (χ0v) is 11.2. The molecule has 1 saturated heterocycles. The molecule has 1 aliphatic heterocycles. The van der Waals surface area contributed by atoms with Crippen LogP contribution in [0.3, 0.4) is 0 Å². The average Bonchev–Trinajstić information content (AvgIpc) is 3.19. The number of carbonyl (C=O) groups is 2. The van der Waals surface area contributed by atoms with E-state index in [4.69, 9.17) is 14.6 Å². The minimum absolute atomic E-state index is 0.00254. The summed E-state index contributed by atoms with van der Waals surface area (Å²) in [7, 11) is 1.64. The first-order valence-corrected chi connectivity index (χ1v) is 6.75. The standard InChI is InChI=1S/C13H21NO5/c1-18-6-7-19-9-2-4-14(5-3-9)12(15)10-8-11(10)13(16)17/h9-11H,2-8H2,1H3,(H,16,17)/t10-,11-/m0/s1. The summed E-state index contributed by atoms with van der Waals surface area (Å²) in [5, 5.41) is 8.83. The van der Waals surface area contributed by atoms with Gasteiger partial charge in [-0.05, 0) is 19.3 Å². The molecule has 6 heteroatoms. The van der Waals surface area contributed by atoms with Crippen LogP contribution in [-0.4, -0.2) is 61.4 Å². The lowest BCUT2D eigenvalue weighted by Gasteiger charge is -2.32. The van der Waals surface area contributed by atoms with Gasteiger partial charge in [0.15, 0.2) is 0 Å². The largest absolute Gasteiger partial charge is 0.481 e. The molecule has 6 nitrogen and oxygen atoms in total. The van der Waals surface area contributed by atoms with Crippen LogP contribution in [0.15, 0.2) is 0 Å². The lowest BCUT2D eigenvalue weighted by atomic mass is 10.1. The van der Waals surface area contributed by atoms with Crippen molar-refractivity contribution < 1.29 is 24.2 Å². The second kappa shape index (κ2) is 6.34. The number of hydrogen-bond donors (Lipinski definition) is 1.